The molecular weight excluding hydrogens is 316 g/mol. The maximum atomic E-state index is 4.50. The molecule has 0 aliphatic carbocycles. The summed E-state index contributed by atoms with van der Waals surface area (Å²) in [4.78, 5) is 8.68. The van der Waals surface area contributed by atoms with Gasteiger partial charge in [-0.25, -0.2) is 4.98 Å². The van der Waals surface area contributed by atoms with Crippen molar-refractivity contribution in [1.82, 2.24) is 10.3 Å². The lowest BCUT2D eigenvalue weighted by atomic mass is 10.1. The Hall–Kier alpha value is -1.01. The van der Waals surface area contributed by atoms with E-state index < -0.39 is 0 Å². The number of hydrogen-bond donors (Lipinski definition) is 1. The molecule has 3 aromatic heterocycles. The number of thiophene rings is 2. The molecule has 0 spiro atoms. The van der Waals surface area contributed by atoms with Gasteiger partial charge in [0.2, 0.25) is 0 Å². The summed E-state index contributed by atoms with van der Waals surface area (Å²) < 4.78 is 0. The van der Waals surface area contributed by atoms with Crippen molar-refractivity contribution in [2.45, 2.75) is 32.4 Å². The maximum absolute atomic E-state index is 4.50. The van der Waals surface area contributed by atoms with E-state index in [0.29, 0.717) is 6.04 Å². The van der Waals surface area contributed by atoms with Gasteiger partial charge in [0.1, 0.15) is 5.01 Å². The fourth-order valence-corrected chi connectivity index (χ4v) is 4.56. The van der Waals surface area contributed by atoms with Gasteiger partial charge in [-0.1, -0.05) is 19.1 Å². The van der Waals surface area contributed by atoms with Gasteiger partial charge in [-0.2, -0.15) is 0 Å². The molecule has 3 rings (SSSR count). The summed E-state index contributed by atoms with van der Waals surface area (Å²) >= 11 is 5.46. The van der Waals surface area contributed by atoms with Gasteiger partial charge in [-0.3, -0.25) is 0 Å². The Morgan fingerprint density at radius 2 is 2.00 bits per heavy atom. The molecular formula is C16H18N2S3. The number of nitrogens with zero attached hydrogens (tertiary/aromatic N) is 1. The molecule has 3 heterocycles. The van der Waals surface area contributed by atoms with Crippen LogP contribution in [0.5, 0.6) is 0 Å². The highest BCUT2D eigenvalue weighted by Gasteiger charge is 2.14. The van der Waals surface area contributed by atoms with Crippen LogP contribution in [-0.4, -0.2) is 4.98 Å². The number of nitrogens with one attached hydrogen (secondary N) is 1. The molecule has 1 N–H and O–H groups in total. The summed E-state index contributed by atoms with van der Waals surface area (Å²) in [6, 6.07) is 9.06. The van der Waals surface area contributed by atoms with E-state index in [9.17, 15) is 0 Å². The average molecular weight is 335 g/mol. The van der Waals surface area contributed by atoms with Crippen LogP contribution in [0.1, 0.15) is 32.6 Å². The Morgan fingerprint density at radius 1 is 1.14 bits per heavy atom. The minimum atomic E-state index is 0.373. The number of thiazole rings is 1. The quantitative estimate of drug-likeness (QED) is 0.664. The molecule has 0 aliphatic rings. The predicted octanol–water partition coefficient (Wildman–Crippen LogP) is 4.90. The van der Waals surface area contributed by atoms with Crippen LogP contribution in [0, 0.1) is 0 Å². The molecule has 0 bridgehead atoms. The van der Waals surface area contributed by atoms with E-state index in [2.05, 4.69) is 52.3 Å². The first kappa shape index (κ1) is 14.9. The zero-order valence-corrected chi connectivity index (χ0v) is 14.4. The molecule has 0 fully saturated rings. The molecule has 1 atom stereocenters. The smallest absolute Gasteiger partial charge is 0.107 e. The zero-order chi connectivity index (χ0) is 14.5. The molecule has 0 radical (unpaired) electrons. The van der Waals surface area contributed by atoms with Crippen LogP contribution in [0.15, 0.2) is 41.2 Å². The number of aryl methyl sites for hydroxylation is 1. The van der Waals surface area contributed by atoms with Crippen LogP contribution in [-0.2, 0) is 19.4 Å². The third kappa shape index (κ3) is 4.01. The van der Waals surface area contributed by atoms with E-state index in [-0.39, 0.29) is 0 Å². The first-order valence-electron chi connectivity index (χ1n) is 7.08. The molecule has 0 aromatic carbocycles. The van der Waals surface area contributed by atoms with Crippen molar-refractivity contribution < 1.29 is 0 Å². The molecule has 0 saturated carbocycles. The molecule has 0 aliphatic heterocycles. The fraction of sp³-hybridized carbons (Fsp3) is 0.312. The Labute approximate surface area is 137 Å². The van der Waals surface area contributed by atoms with Crippen molar-refractivity contribution in [3.05, 3.63) is 60.9 Å². The number of rotatable bonds is 7. The Kier molecular flexibility index (Phi) is 5.19. The van der Waals surface area contributed by atoms with Gasteiger partial charge in [-0.15, -0.1) is 34.0 Å². The zero-order valence-electron chi connectivity index (χ0n) is 11.9. The van der Waals surface area contributed by atoms with Crippen LogP contribution >= 0.6 is 34.0 Å². The van der Waals surface area contributed by atoms with Crippen LogP contribution in [0.25, 0.3) is 0 Å². The second kappa shape index (κ2) is 7.31. The first-order valence-corrected chi connectivity index (χ1v) is 9.65. The van der Waals surface area contributed by atoms with Gasteiger partial charge >= 0.3 is 0 Å². The predicted molar refractivity (Wildman–Crippen MR) is 93.4 cm³/mol. The van der Waals surface area contributed by atoms with Crippen molar-refractivity contribution in [2.24, 2.45) is 0 Å². The third-order valence-corrected chi connectivity index (χ3v) is 6.35. The van der Waals surface area contributed by atoms with Gasteiger partial charge in [0, 0.05) is 39.8 Å². The maximum Gasteiger partial charge on any atom is 0.107 e. The lowest BCUT2D eigenvalue weighted by molar-refractivity contribution is 0.540. The highest BCUT2D eigenvalue weighted by atomic mass is 32.1. The Balaban J connectivity index is 1.67. The summed E-state index contributed by atoms with van der Waals surface area (Å²) in [6.07, 6.45) is 4.12. The van der Waals surface area contributed by atoms with E-state index in [1.807, 2.05) is 40.2 Å². The molecule has 2 nitrogen and oxygen atoms in total. The molecule has 3 aromatic rings. The van der Waals surface area contributed by atoms with Crippen molar-refractivity contribution in [3.8, 4) is 0 Å². The minimum absolute atomic E-state index is 0.373. The standard InChI is InChI=1S/C16H18N2S3/c1-2-12-10-18-16(21-12)11-17-14(15-6-4-8-20-15)9-13-5-3-7-19-13/h3-8,10,14,17H,2,9,11H2,1H3. The van der Waals surface area contributed by atoms with Crippen molar-refractivity contribution in [2.75, 3.05) is 0 Å². The summed E-state index contributed by atoms with van der Waals surface area (Å²) in [5.74, 6) is 0. The van der Waals surface area contributed by atoms with Crippen molar-refractivity contribution >= 4 is 34.0 Å². The summed E-state index contributed by atoms with van der Waals surface area (Å²) in [5.41, 5.74) is 0. The molecule has 1 unspecified atom stereocenters. The fourth-order valence-electron chi connectivity index (χ4n) is 2.20. The molecule has 5 heteroatoms. The lowest BCUT2D eigenvalue weighted by Crippen LogP contribution is -2.21. The van der Waals surface area contributed by atoms with Gasteiger partial charge in [0.25, 0.3) is 0 Å². The SMILES string of the molecule is CCc1cnc(CNC(Cc2cccs2)c2cccs2)s1. The normalized spacial score (nSPS) is 12.6. The largest absolute Gasteiger partial charge is 0.302 e. The van der Waals surface area contributed by atoms with Gasteiger partial charge in [0.15, 0.2) is 0 Å². The highest BCUT2D eigenvalue weighted by Crippen LogP contribution is 2.25. The first-order chi connectivity index (χ1) is 10.3. The van der Waals surface area contributed by atoms with Crippen LogP contribution in [0.3, 0.4) is 0 Å². The number of aromatic nitrogens is 1. The molecule has 0 saturated heterocycles. The Bertz CT molecular complexity index is 641. The van der Waals surface area contributed by atoms with Crippen LogP contribution in [0.4, 0.5) is 0 Å². The Morgan fingerprint density at radius 3 is 2.67 bits per heavy atom. The average Bonchev–Trinajstić information content (AvgIpc) is 3.24. The molecule has 0 amide bonds. The van der Waals surface area contributed by atoms with Gasteiger partial charge < -0.3 is 5.32 Å². The number of hydrogen-bond acceptors (Lipinski definition) is 5. The second-order valence-corrected chi connectivity index (χ2v) is 8.02. The monoisotopic (exact) mass is 334 g/mol. The summed E-state index contributed by atoms with van der Waals surface area (Å²) in [5, 5.41) is 9.16. The lowest BCUT2D eigenvalue weighted by Gasteiger charge is -2.16. The van der Waals surface area contributed by atoms with E-state index in [4.69, 9.17) is 0 Å². The van der Waals surface area contributed by atoms with E-state index in [1.54, 1.807) is 0 Å². The van der Waals surface area contributed by atoms with Gasteiger partial charge in [-0.05, 0) is 29.3 Å². The molecule has 21 heavy (non-hydrogen) atoms. The molecule has 110 valence electrons. The topological polar surface area (TPSA) is 24.9 Å². The van der Waals surface area contributed by atoms with E-state index in [0.717, 1.165) is 19.4 Å². The van der Waals surface area contributed by atoms with Gasteiger partial charge in [0.05, 0.1) is 0 Å². The van der Waals surface area contributed by atoms with Crippen molar-refractivity contribution in [1.29, 1.82) is 0 Å². The van der Waals surface area contributed by atoms with E-state index in [1.165, 1.54) is 19.6 Å². The van der Waals surface area contributed by atoms with Crippen molar-refractivity contribution in [3.63, 3.8) is 0 Å². The highest BCUT2D eigenvalue weighted by molar-refractivity contribution is 7.11. The third-order valence-electron chi connectivity index (χ3n) is 3.32. The second-order valence-electron chi connectivity index (χ2n) is 4.81. The van der Waals surface area contributed by atoms with E-state index >= 15 is 0 Å². The summed E-state index contributed by atoms with van der Waals surface area (Å²) in [6.45, 7) is 3.02. The van der Waals surface area contributed by atoms with Crippen LogP contribution < -0.4 is 5.32 Å². The minimum Gasteiger partial charge on any atom is -0.302 e. The van der Waals surface area contributed by atoms with Crippen LogP contribution in [0.2, 0.25) is 0 Å². The summed E-state index contributed by atoms with van der Waals surface area (Å²) in [7, 11) is 0.